The van der Waals surface area contributed by atoms with Crippen molar-refractivity contribution in [1.29, 1.82) is 0 Å². The Morgan fingerprint density at radius 1 is 1.30 bits per heavy atom. The molecule has 2 aromatic rings. The lowest BCUT2D eigenvalue weighted by Crippen LogP contribution is -2.26. The molecule has 1 aliphatic rings. The maximum atomic E-state index is 12.4. The normalized spacial score (nSPS) is 13.9. The Morgan fingerprint density at radius 2 is 2.13 bits per heavy atom. The summed E-state index contributed by atoms with van der Waals surface area (Å²) in [5.41, 5.74) is 2.32. The average Bonchev–Trinajstić information content (AvgIpc) is 2.97. The van der Waals surface area contributed by atoms with Gasteiger partial charge in [-0.25, -0.2) is 13.1 Å². The van der Waals surface area contributed by atoms with Gasteiger partial charge in [-0.3, -0.25) is 9.78 Å². The van der Waals surface area contributed by atoms with Crippen molar-refractivity contribution in [1.82, 2.24) is 9.71 Å². The number of nitrogens with zero attached hydrogens (tertiary/aromatic N) is 2. The van der Waals surface area contributed by atoms with Crippen LogP contribution >= 0.6 is 0 Å². The van der Waals surface area contributed by atoms with Gasteiger partial charge in [-0.2, -0.15) is 0 Å². The van der Waals surface area contributed by atoms with Gasteiger partial charge in [0.1, 0.15) is 0 Å². The monoisotopic (exact) mass is 331 g/mol. The third-order valence-corrected chi connectivity index (χ3v) is 5.21. The Hall–Kier alpha value is -2.25. The fraction of sp³-hybridized carbons (Fsp3) is 0.250. The molecule has 1 N–H and O–H groups in total. The summed E-state index contributed by atoms with van der Waals surface area (Å²) < 4.78 is 27.3. The minimum Gasteiger partial charge on any atom is -0.312 e. The van der Waals surface area contributed by atoms with Gasteiger partial charge >= 0.3 is 0 Å². The zero-order chi connectivity index (χ0) is 16.4. The maximum Gasteiger partial charge on any atom is 0.240 e. The third kappa shape index (κ3) is 3.25. The molecule has 0 saturated carbocycles. The van der Waals surface area contributed by atoms with Crippen molar-refractivity contribution in [2.75, 3.05) is 11.4 Å². The number of hydrogen-bond acceptors (Lipinski definition) is 4. The van der Waals surface area contributed by atoms with Crippen molar-refractivity contribution < 1.29 is 13.2 Å². The standard InChI is InChI=1S/C16H17N3O3S/c1-12(20)19-9-7-13-10-15(5-6-16(13)19)23(21,22)18-11-14-4-2-3-8-17-14/h2-6,8,10,18H,7,9,11H2,1H3. The van der Waals surface area contributed by atoms with Gasteiger partial charge in [-0.1, -0.05) is 6.07 Å². The van der Waals surface area contributed by atoms with Crippen LogP contribution in [0.1, 0.15) is 18.2 Å². The Morgan fingerprint density at radius 3 is 2.83 bits per heavy atom. The molecule has 1 aromatic carbocycles. The number of benzene rings is 1. The van der Waals surface area contributed by atoms with E-state index >= 15 is 0 Å². The summed E-state index contributed by atoms with van der Waals surface area (Å²) >= 11 is 0. The molecule has 0 spiro atoms. The van der Waals surface area contributed by atoms with Gasteiger partial charge in [-0.05, 0) is 42.3 Å². The minimum absolute atomic E-state index is 0.0346. The Labute approximate surface area is 135 Å². The van der Waals surface area contributed by atoms with Gasteiger partial charge in [-0.15, -0.1) is 0 Å². The number of carbonyl (C=O) groups is 1. The number of carbonyl (C=O) groups excluding carboxylic acids is 1. The summed E-state index contributed by atoms with van der Waals surface area (Å²) in [6, 6.07) is 10.2. The second kappa shape index (κ2) is 6.10. The summed E-state index contributed by atoms with van der Waals surface area (Å²) in [5, 5.41) is 0. The molecule has 2 heterocycles. The number of hydrogen-bond donors (Lipinski definition) is 1. The van der Waals surface area contributed by atoms with Crippen LogP contribution in [0.3, 0.4) is 0 Å². The molecule has 3 rings (SSSR count). The highest BCUT2D eigenvalue weighted by molar-refractivity contribution is 7.89. The molecule has 1 aromatic heterocycles. The van der Waals surface area contributed by atoms with Crippen LogP contribution < -0.4 is 9.62 Å². The number of amides is 1. The number of fused-ring (bicyclic) bond motifs is 1. The van der Waals surface area contributed by atoms with E-state index in [0.717, 1.165) is 11.3 Å². The second-order valence-electron chi connectivity index (χ2n) is 5.36. The molecule has 1 aliphatic heterocycles. The highest BCUT2D eigenvalue weighted by atomic mass is 32.2. The number of aromatic nitrogens is 1. The molecule has 0 atom stereocenters. The van der Waals surface area contributed by atoms with Crippen molar-refractivity contribution in [2.24, 2.45) is 0 Å². The first-order chi connectivity index (χ1) is 11.0. The molecule has 0 aliphatic carbocycles. The van der Waals surface area contributed by atoms with Crippen molar-refractivity contribution >= 4 is 21.6 Å². The topological polar surface area (TPSA) is 79.4 Å². The van der Waals surface area contributed by atoms with Crippen LogP contribution in [0.4, 0.5) is 5.69 Å². The zero-order valence-corrected chi connectivity index (χ0v) is 13.5. The van der Waals surface area contributed by atoms with Crippen molar-refractivity contribution in [3.05, 3.63) is 53.9 Å². The fourth-order valence-corrected chi connectivity index (χ4v) is 3.68. The minimum atomic E-state index is -3.61. The lowest BCUT2D eigenvalue weighted by atomic mass is 10.2. The van der Waals surface area contributed by atoms with Crippen LogP contribution in [0, 0.1) is 0 Å². The smallest absolute Gasteiger partial charge is 0.240 e. The zero-order valence-electron chi connectivity index (χ0n) is 12.7. The Kier molecular flexibility index (Phi) is 4.14. The highest BCUT2D eigenvalue weighted by Gasteiger charge is 2.24. The largest absolute Gasteiger partial charge is 0.312 e. The molecule has 0 unspecified atom stereocenters. The van der Waals surface area contributed by atoms with Crippen molar-refractivity contribution in [2.45, 2.75) is 24.8 Å². The number of anilines is 1. The molecule has 0 saturated heterocycles. The van der Waals surface area contributed by atoms with Gasteiger partial charge in [0.2, 0.25) is 15.9 Å². The highest BCUT2D eigenvalue weighted by Crippen LogP contribution is 2.30. The Balaban J connectivity index is 1.80. The third-order valence-electron chi connectivity index (χ3n) is 3.81. The summed E-state index contributed by atoms with van der Waals surface area (Å²) in [4.78, 5) is 17.5. The fourth-order valence-electron chi connectivity index (χ4n) is 2.63. The van der Waals surface area contributed by atoms with Crippen molar-refractivity contribution in [3.8, 4) is 0 Å². The van der Waals surface area contributed by atoms with E-state index in [1.165, 1.54) is 13.0 Å². The Bertz CT molecular complexity index is 835. The van der Waals surface area contributed by atoms with Crippen LogP contribution in [0.2, 0.25) is 0 Å². The van der Waals surface area contributed by atoms with Gasteiger partial charge in [0.05, 0.1) is 17.1 Å². The first kappa shape index (κ1) is 15.6. The number of pyridine rings is 1. The van der Waals surface area contributed by atoms with Crippen LogP contribution in [0.15, 0.2) is 47.5 Å². The number of nitrogens with one attached hydrogen (secondary N) is 1. The molecule has 7 heteroatoms. The predicted molar refractivity (Wildman–Crippen MR) is 86.4 cm³/mol. The van der Waals surface area contributed by atoms with E-state index in [1.54, 1.807) is 35.4 Å². The van der Waals surface area contributed by atoms with Crippen LogP contribution in [0.25, 0.3) is 0 Å². The summed E-state index contributed by atoms with van der Waals surface area (Å²) in [6.45, 7) is 2.24. The number of sulfonamides is 1. The quantitative estimate of drug-likeness (QED) is 0.920. The number of rotatable bonds is 4. The van der Waals surface area contributed by atoms with E-state index in [1.807, 2.05) is 6.07 Å². The van der Waals surface area contributed by atoms with Crippen LogP contribution in [-0.2, 0) is 27.8 Å². The van der Waals surface area contributed by atoms with Gasteiger partial charge in [0.15, 0.2) is 0 Å². The molecular formula is C16H17N3O3S. The van der Waals surface area contributed by atoms with E-state index in [-0.39, 0.29) is 17.3 Å². The molecule has 0 bridgehead atoms. The van der Waals surface area contributed by atoms with Crippen LogP contribution in [0.5, 0.6) is 0 Å². The van der Waals surface area contributed by atoms with E-state index in [4.69, 9.17) is 0 Å². The van der Waals surface area contributed by atoms with Crippen molar-refractivity contribution in [3.63, 3.8) is 0 Å². The molecule has 6 nitrogen and oxygen atoms in total. The first-order valence-electron chi connectivity index (χ1n) is 7.28. The first-order valence-corrected chi connectivity index (χ1v) is 8.76. The SMILES string of the molecule is CC(=O)N1CCc2cc(S(=O)(=O)NCc3ccccn3)ccc21. The average molecular weight is 331 g/mol. The van der Waals surface area contributed by atoms with Gasteiger partial charge in [0.25, 0.3) is 0 Å². The summed E-state index contributed by atoms with van der Waals surface area (Å²) in [6.07, 6.45) is 2.29. The van der Waals surface area contributed by atoms with E-state index in [0.29, 0.717) is 18.7 Å². The van der Waals surface area contributed by atoms with Crippen LogP contribution in [-0.4, -0.2) is 25.9 Å². The van der Waals surface area contributed by atoms with E-state index < -0.39 is 10.0 Å². The molecule has 0 fully saturated rings. The lowest BCUT2D eigenvalue weighted by molar-refractivity contribution is -0.116. The molecular weight excluding hydrogens is 314 g/mol. The molecule has 0 radical (unpaired) electrons. The molecule has 1 amide bonds. The maximum absolute atomic E-state index is 12.4. The predicted octanol–water partition coefficient (Wildman–Crippen LogP) is 1.47. The second-order valence-corrected chi connectivity index (χ2v) is 7.12. The summed E-state index contributed by atoms with van der Waals surface area (Å²) in [5.74, 6) is -0.0346. The molecule has 120 valence electrons. The van der Waals surface area contributed by atoms with Gasteiger partial charge < -0.3 is 4.90 Å². The van der Waals surface area contributed by atoms with E-state index in [9.17, 15) is 13.2 Å². The summed E-state index contributed by atoms with van der Waals surface area (Å²) in [7, 11) is -3.61. The van der Waals surface area contributed by atoms with E-state index in [2.05, 4.69) is 9.71 Å². The lowest BCUT2D eigenvalue weighted by Gasteiger charge is -2.15. The molecule has 23 heavy (non-hydrogen) atoms. The van der Waals surface area contributed by atoms with Gasteiger partial charge in [0, 0.05) is 25.4 Å².